The Bertz CT molecular complexity index is 346. The number of rotatable bonds is 6. The Morgan fingerprint density at radius 1 is 1.16 bits per heavy atom. The molecule has 0 amide bonds. The van der Waals surface area contributed by atoms with Crippen LogP contribution in [0.25, 0.3) is 5.53 Å². The highest BCUT2D eigenvalue weighted by Crippen LogP contribution is 2.24. The fourth-order valence-corrected chi connectivity index (χ4v) is 6.21. The fourth-order valence-electron chi connectivity index (χ4n) is 3.01. The number of nitrogens with zero attached hydrogens (tertiary/aromatic N) is 2. The van der Waals surface area contributed by atoms with Crippen LogP contribution in [0, 0.1) is 0 Å². The van der Waals surface area contributed by atoms with Crippen LogP contribution in [0.3, 0.4) is 0 Å². The largest absolute Gasteiger partial charge is 0.454 e. The predicted octanol–water partition coefficient (Wildman–Crippen LogP) is 3.58. The van der Waals surface area contributed by atoms with Crippen molar-refractivity contribution < 1.29 is 14.3 Å². The van der Waals surface area contributed by atoms with Crippen LogP contribution < -0.4 is 0 Å². The first kappa shape index (κ1) is 16.1. The Balaban J connectivity index is 2.78. The molecule has 4 nitrogen and oxygen atoms in total. The van der Waals surface area contributed by atoms with Crippen LogP contribution in [0.2, 0.25) is 18.1 Å². The van der Waals surface area contributed by atoms with Crippen molar-refractivity contribution in [3.63, 3.8) is 0 Å². The number of hydrogen-bond donors (Lipinski definition) is 0. The van der Waals surface area contributed by atoms with E-state index in [0.717, 1.165) is 43.8 Å². The first-order valence-electron chi connectivity index (χ1n) is 7.57. The van der Waals surface area contributed by atoms with Crippen LogP contribution in [0.1, 0.15) is 52.9 Å². The Labute approximate surface area is 117 Å². The third-order valence-electron chi connectivity index (χ3n) is 4.65. The van der Waals surface area contributed by atoms with Gasteiger partial charge >= 0.3 is 11.3 Å². The van der Waals surface area contributed by atoms with Crippen LogP contribution in [-0.2, 0) is 9.53 Å². The maximum absolute atomic E-state index is 12.3. The molecule has 0 aliphatic heterocycles. The number of esters is 1. The predicted molar refractivity (Wildman–Crippen MR) is 78.8 cm³/mol. The lowest BCUT2D eigenvalue weighted by Crippen LogP contribution is -2.48. The number of carbonyl (C=O) groups is 1. The highest BCUT2D eigenvalue weighted by atomic mass is 28.3. The minimum absolute atomic E-state index is 0.0234. The summed E-state index contributed by atoms with van der Waals surface area (Å²) in [6.07, 6.45) is 5.40. The molecule has 0 aromatic rings. The Morgan fingerprint density at radius 2 is 1.68 bits per heavy atom. The van der Waals surface area contributed by atoms with Gasteiger partial charge in [0.2, 0.25) is 8.07 Å². The molecule has 0 atom stereocenters. The summed E-state index contributed by atoms with van der Waals surface area (Å²) < 4.78 is 5.56. The normalized spacial score (nSPS) is 16.8. The molecule has 0 unspecified atom stereocenters. The fraction of sp³-hybridized carbons (Fsp3) is 0.857. The van der Waals surface area contributed by atoms with Crippen molar-refractivity contribution in [3.8, 4) is 0 Å². The summed E-state index contributed by atoms with van der Waals surface area (Å²) in [6.45, 7) is 6.24. The molecule has 1 aliphatic rings. The lowest BCUT2D eigenvalue weighted by Gasteiger charge is -2.24. The molecule has 108 valence electrons. The van der Waals surface area contributed by atoms with Gasteiger partial charge in [-0.25, -0.2) is 4.79 Å². The average molecular weight is 282 g/mol. The van der Waals surface area contributed by atoms with Gasteiger partial charge in [-0.05, 0) is 43.8 Å². The van der Waals surface area contributed by atoms with Crippen molar-refractivity contribution >= 4 is 19.4 Å². The van der Waals surface area contributed by atoms with Gasteiger partial charge in [-0.15, -0.1) is 0 Å². The molecule has 0 aromatic heterocycles. The summed E-state index contributed by atoms with van der Waals surface area (Å²) in [5, 5.41) is 0.338. The van der Waals surface area contributed by atoms with Crippen molar-refractivity contribution in [2.45, 2.75) is 77.1 Å². The molecule has 1 fully saturated rings. The van der Waals surface area contributed by atoms with Gasteiger partial charge in [-0.3, -0.25) is 0 Å². The van der Waals surface area contributed by atoms with Crippen molar-refractivity contribution in [2.24, 2.45) is 0 Å². The lowest BCUT2D eigenvalue weighted by atomic mass is 9.98. The zero-order valence-corrected chi connectivity index (χ0v) is 13.4. The van der Waals surface area contributed by atoms with E-state index in [0.29, 0.717) is 5.33 Å². The Hall–Kier alpha value is -0.933. The van der Waals surface area contributed by atoms with E-state index in [1.54, 1.807) is 0 Å². The van der Waals surface area contributed by atoms with Gasteiger partial charge in [0, 0.05) is 0 Å². The van der Waals surface area contributed by atoms with Crippen molar-refractivity contribution in [1.82, 2.24) is 0 Å². The standard InChI is InChI=1S/C14H26N2O2Si/c1-4-19(5-2,6-3)13(16-15)14(17)18-12-10-8-7-9-11-12/h12H,4-11H2,1-3H3. The maximum Gasteiger partial charge on any atom is 0.410 e. The van der Waals surface area contributed by atoms with Crippen LogP contribution in [0.4, 0.5) is 0 Å². The minimum atomic E-state index is -1.97. The molecule has 1 aliphatic carbocycles. The summed E-state index contributed by atoms with van der Waals surface area (Å²) in [5.41, 5.74) is 9.28. The molecule has 0 saturated heterocycles. The van der Waals surface area contributed by atoms with Crippen LogP contribution in [0.15, 0.2) is 0 Å². The molecule has 5 heteroatoms. The van der Waals surface area contributed by atoms with Gasteiger partial charge in [0.15, 0.2) is 0 Å². The zero-order valence-electron chi connectivity index (χ0n) is 12.4. The first-order chi connectivity index (χ1) is 9.13. The summed E-state index contributed by atoms with van der Waals surface area (Å²) in [5.74, 6) is -0.369. The van der Waals surface area contributed by atoms with Crippen molar-refractivity contribution in [1.29, 1.82) is 0 Å². The van der Waals surface area contributed by atoms with Gasteiger partial charge in [0.1, 0.15) is 6.10 Å². The van der Waals surface area contributed by atoms with Crippen LogP contribution in [-0.4, -0.2) is 30.3 Å². The average Bonchev–Trinajstić information content (AvgIpc) is 2.45. The molecule has 1 saturated carbocycles. The van der Waals surface area contributed by atoms with Crippen molar-refractivity contribution in [3.05, 3.63) is 5.53 Å². The van der Waals surface area contributed by atoms with E-state index in [1.807, 2.05) is 0 Å². The molecular weight excluding hydrogens is 256 g/mol. The van der Waals surface area contributed by atoms with E-state index in [2.05, 4.69) is 25.6 Å². The van der Waals surface area contributed by atoms with E-state index in [1.165, 1.54) is 6.42 Å². The van der Waals surface area contributed by atoms with Crippen molar-refractivity contribution in [2.75, 3.05) is 0 Å². The number of carbonyl (C=O) groups excluding carboxylic acids is 1. The Kier molecular flexibility index (Phi) is 6.45. The number of ether oxygens (including phenoxy) is 1. The second kappa shape index (κ2) is 7.61. The molecule has 0 aromatic carbocycles. The van der Waals surface area contributed by atoms with Gasteiger partial charge in [0.05, 0.1) is 0 Å². The van der Waals surface area contributed by atoms with E-state index in [4.69, 9.17) is 4.74 Å². The summed E-state index contributed by atoms with van der Waals surface area (Å²) >= 11 is 0. The molecular formula is C14H26N2O2Si. The first-order valence-corrected chi connectivity index (χ1v) is 10.2. The molecule has 0 bridgehead atoms. The van der Waals surface area contributed by atoms with E-state index < -0.39 is 8.07 Å². The molecule has 0 spiro atoms. The molecule has 19 heavy (non-hydrogen) atoms. The monoisotopic (exact) mass is 282 g/mol. The summed E-state index contributed by atoms with van der Waals surface area (Å²) in [6, 6.07) is 2.75. The Morgan fingerprint density at radius 3 is 2.11 bits per heavy atom. The lowest BCUT2D eigenvalue weighted by molar-refractivity contribution is -0.146. The maximum atomic E-state index is 12.3. The van der Waals surface area contributed by atoms with Gasteiger partial charge in [0.25, 0.3) is 0 Å². The van der Waals surface area contributed by atoms with E-state index >= 15 is 0 Å². The van der Waals surface area contributed by atoms with Crippen LogP contribution in [0.5, 0.6) is 0 Å². The zero-order chi connectivity index (χ0) is 14.3. The van der Waals surface area contributed by atoms with Crippen LogP contribution >= 0.6 is 0 Å². The SMILES string of the molecule is CC[Si](CC)(CC)C(=[N+]=[N-])C(=O)OC1CCCCC1. The second-order valence-electron chi connectivity index (χ2n) is 5.45. The van der Waals surface area contributed by atoms with E-state index in [-0.39, 0.29) is 12.1 Å². The molecule has 0 radical (unpaired) electrons. The highest BCUT2D eigenvalue weighted by Gasteiger charge is 2.47. The molecule has 0 N–H and O–H groups in total. The van der Waals surface area contributed by atoms with Gasteiger partial charge in [-0.1, -0.05) is 27.2 Å². The molecule has 0 heterocycles. The number of hydrogen-bond acceptors (Lipinski definition) is 2. The minimum Gasteiger partial charge on any atom is -0.454 e. The third-order valence-corrected chi connectivity index (χ3v) is 10.0. The van der Waals surface area contributed by atoms with Gasteiger partial charge < -0.3 is 10.3 Å². The van der Waals surface area contributed by atoms with E-state index in [9.17, 15) is 10.3 Å². The quantitative estimate of drug-likeness (QED) is 0.246. The van der Waals surface area contributed by atoms with Gasteiger partial charge in [-0.2, -0.15) is 4.79 Å². The summed E-state index contributed by atoms with van der Waals surface area (Å²) in [7, 11) is -1.97. The molecule has 1 rings (SSSR count). The smallest absolute Gasteiger partial charge is 0.410 e. The summed E-state index contributed by atoms with van der Waals surface area (Å²) in [4.78, 5) is 15.6. The topological polar surface area (TPSA) is 62.7 Å². The third kappa shape index (κ3) is 3.77. The highest BCUT2D eigenvalue weighted by molar-refractivity contribution is 7.13. The second-order valence-corrected chi connectivity index (χ2v) is 10.6.